The molecular weight excluding hydrogens is 481 g/mol. The van der Waals surface area contributed by atoms with Crippen molar-refractivity contribution in [2.45, 2.75) is 46.9 Å². The number of halogens is 4. The first-order valence-corrected chi connectivity index (χ1v) is 11.5. The normalized spacial score (nSPS) is 17.5. The van der Waals surface area contributed by atoms with E-state index in [1.165, 1.54) is 18.7 Å². The van der Waals surface area contributed by atoms with Crippen molar-refractivity contribution < 1.29 is 27.4 Å². The molecule has 0 unspecified atom stereocenters. The minimum Gasteiger partial charge on any atom is -0.466 e. The van der Waals surface area contributed by atoms with E-state index in [0.29, 0.717) is 22.9 Å². The molecule has 0 fully saturated rings. The standard InChI is InChI=1S/C22H20ClF3N2O.C4H8O2/c1-12-5-4-6-16(14(12)3)20-17-9-15(23)7-8-18(17)28-19(11-29-20)27-10-13(2)21(28)22(24,25)26;1-3-6-4(2)5/h4-9,20H,10-11H2,1-3H3;3H2,1-2H3/t20-;/m1./s1. The molecule has 2 aliphatic rings. The summed E-state index contributed by atoms with van der Waals surface area (Å²) in [5.41, 5.74) is 3.48. The largest absolute Gasteiger partial charge is 0.466 e. The van der Waals surface area contributed by atoms with E-state index >= 15 is 0 Å². The molecule has 188 valence electrons. The van der Waals surface area contributed by atoms with Crippen LogP contribution < -0.4 is 4.90 Å². The Labute approximate surface area is 208 Å². The summed E-state index contributed by atoms with van der Waals surface area (Å²) in [7, 11) is 0. The second kappa shape index (κ2) is 10.8. The van der Waals surface area contributed by atoms with Crippen LogP contribution in [0.1, 0.15) is 49.1 Å². The van der Waals surface area contributed by atoms with Gasteiger partial charge in [0.15, 0.2) is 0 Å². The van der Waals surface area contributed by atoms with Crippen LogP contribution in [0.25, 0.3) is 0 Å². The van der Waals surface area contributed by atoms with E-state index in [1.807, 2.05) is 32.0 Å². The number of amidine groups is 1. The molecule has 0 aliphatic carbocycles. The molecule has 0 bridgehead atoms. The lowest BCUT2D eigenvalue weighted by Gasteiger charge is -2.33. The molecule has 2 aromatic rings. The number of hydrogen-bond donors (Lipinski definition) is 0. The monoisotopic (exact) mass is 508 g/mol. The highest BCUT2D eigenvalue weighted by Crippen LogP contribution is 2.44. The summed E-state index contributed by atoms with van der Waals surface area (Å²) in [6, 6.07) is 10.8. The maximum Gasteiger partial charge on any atom is 0.431 e. The third kappa shape index (κ3) is 5.87. The molecule has 2 aliphatic heterocycles. The quantitative estimate of drug-likeness (QED) is 0.423. The van der Waals surface area contributed by atoms with Crippen LogP contribution in [0.2, 0.25) is 5.02 Å². The molecule has 1 atom stereocenters. The van der Waals surface area contributed by atoms with E-state index in [4.69, 9.17) is 16.3 Å². The zero-order valence-corrected chi connectivity index (χ0v) is 21.0. The Morgan fingerprint density at radius 1 is 1.20 bits per heavy atom. The van der Waals surface area contributed by atoms with E-state index in [-0.39, 0.29) is 30.5 Å². The first-order chi connectivity index (χ1) is 16.5. The summed E-state index contributed by atoms with van der Waals surface area (Å²) >= 11 is 6.25. The fourth-order valence-corrected chi connectivity index (χ4v) is 4.30. The van der Waals surface area contributed by atoms with Gasteiger partial charge in [-0.05, 0) is 68.2 Å². The average molecular weight is 509 g/mol. The Bertz CT molecular complexity index is 1170. The number of ether oxygens (including phenoxy) is 2. The van der Waals surface area contributed by atoms with Crippen molar-refractivity contribution in [1.29, 1.82) is 0 Å². The molecule has 2 heterocycles. The Morgan fingerprint density at radius 2 is 1.91 bits per heavy atom. The lowest BCUT2D eigenvalue weighted by atomic mass is 9.93. The smallest absolute Gasteiger partial charge is 0.431 e. The van der Waals surface area contributed by atoms with Crippen molar-refractivity contribution in [1.82, 2.24) is 0 Å². The molecule has 0 spiro atoms. The molecule has 5 nitrogen and oxygen atoms in total. The summed E-state index contributed by atoms with van der Waals surface area (Å²) in [6.07, 6.45) is -5.06. The van der Waals surface area contributed by atoms with Gasteiger partial charge in [0, 0.05) is 17.5 Å². The zero-order chi connectivity index (χ0) is 25.9. The highest BCUT2D eigenvalue weighted by Gasteiger charge is 2.45. The molecule has 0 saturated heterocycles. The number of aliphatic imine (C=N–C) groups is 1. The summed E-state index contributed by atoms with van der Waals surface area (Å²) in [5.74, 6) is 0.0387. The van der Waals surface area contributed by atoms with E-state index in [0.717, 1.165) is 16.7 Å². The highest BCUT2D eigenvalue weighted by atomic mass is 35.5. The summed E-state index contributed by atoms with van der Waals surface area (Å²) in [5, 5.41) is 0.439. The van der Waals surface area contributed by atoms with Crippen molar-refractivity contribution in [2.24, 2.45) is 4.99 Å². The number of anilines is 1. The SMILES string of the molecule is CC1=C(C(F)(F)F)N2C(=NC1)CO[C@H](c1cccc(C)c1C)c1cc(Cl)ccc12.CCOC(C)=O. The first kappa shape index (κ1) is 26.8. The number of benzene rings is 2. The number of nitrogens with zero attached hydrogens (tertiary/aromatic N) is 2. The van der Waals surface area contributed by atoms with Crippen molar-refractivity contribution in [3.8, 4) is 0 Å². The van der Waals surface area contributed by atoms with Crippen LogP contribution >= 0.6 is 11.6 Å². The number of rotatable bonds is 2. The van der Waals surface area contributed by atoms with Crippen molar-refractivity contribution in [3.05, 3.63) is 74.9 Å². The molecular formula is C26H28ClF3N2O3. The van der Waals surface area contributed by atoms with Crippen molar-refractivity contribution in [2.75, 3.05) is 24.7 Å². The zero-order valence-electron chi connectivity index (χ0n) is 20.3. The van der Waals surface area contributed by atoms with Gasteiger partial charge in [-0.25, -0.2) is 0 Å². The Morgan fingerprint density at radius 3 is 2.51 bits per heavy atom. The predicted octanol–water partition coefficient (Wildman–Crippen LogP) is 6.70. The van der Waals surface area contributed by atoms with Crippen molar-refractivity contribution >= 4 is 29.1 Å². The second-order valence-corrected chi connectivity index (χ2v) is 8.74. The number of carbonyl (C=O) groups excluding carboxylic acids is 1. The third-order valence-electron chi connectivity index (χ3n) is 5.82. The van der Waals surface area contributed by atoms with Gasteiger partial charge < -0.3 is 9.47 Å². The number of carbonyl (C=O) groups is 1. The fraction of sp³-hybridized carbons (Fsp3) is 0.385. The molecule has 0 N–H and O–H groups in total. The second-order valence-electron chi connectivity index (χ2n) is 8.30. The highest BCUT2D eigenvalue weighted by molar-refractivity contribution is 6.30. The molecule has 0 aromatic heterocycles. The van der Waals surface area contributed by atoms with E-state index in [1.54, 1.807) is 25.1 Å². The maximum absolute atomic E-state index is 14.0. The van der Waals surface area contributed by atoms with Gasteiger partial charge in [-0.2, -0.15) is 13.2 Å². The number of alkyl halides is 3. The average Bonchev–Trinajstić information content (AvgIpc) is 2.92. The van der Waals surface area contributed by atoms with Gasteiger partial charge in [-0.15, -0.1) is 0 Å². The Hall–Kier alpha value is -2.84. The van der Waals surface area contributed by atoms with Crippen LogP contribution in [0.3, 0.4) is 0 Å². The molecule has 0 radical (unpaired) electrons. The molecule has 0 saturated carbocycles. The molecule has 2 aromatic carbocycles. The van der Waals surface area contributed by atoms with Gasteiger partial charge in [0.25, 0.3) is 0 Å². The van der Waals surface area contributed by atoms with Crippen LogP contribution in [-0.2, 0) is 14.3 Å². The molecule has 4 rings (SSSR count). The minimum absolute atomic E-state index is 0.00109. The van der Waals surface area contributed by atoms with Crippen LogP contribution in [0.5, 0.6) is 0 Å². The van der Waals surface area contributed by atoms with E-state index in [9.17, 15) is 18.0 Å². The van der Waals surface area contributed by atoms with Crippen LogP contribution in [0.15, 0.2) is 52.7 Å². The number of fused-ring (bicyclic) bond motifs is 3. The van der Waals surface area contributed by atoms with E-state index in [2.05, 4.69) is 9.73 Å². The van der Waals surface area contributed by atoms with Crippen LogP contribution in [-0.4, -0.2) is 37.7 Å². The summed E-state index contributed by atoms with van der Waals surface area (Å²) < 4.78 is 52.5. The Kier molecular flexibility index (Phi) is 8.28. The lowest BCUT2D eigenvalue weighted by molar-refractivity contribution is -0.140. The van der Waals surface area contributed by atoms with Gasteiger partial charge in [-0.1, -0.05) is 29.8 Å². The van der Waals surface area contributed by atoms with Crippen molar-refractivity contribution in [3.63, 3.8) is 0 Å². The molecule has 35 heavy (non-hydrogen) atoms. The van der Waals surface area contributed by atoms with Gasteiger partial charge >= 0.3 is 12.1 Å². The van der Waals surface area contributed by atoms with Crippen LogP contribution in [0, 0.1) is 13.8 Å². The van der Waals surface area contributed by atoms with Crippen LogP contribution in [0.4, 0.5) is 18.9 Å². The topological polar surface area (TPSA) is 51.1 Å². The minimum atomic E-state index is -4.51. The predicted molar refractivity (Wildman–Crippen MR) is 131 cm³/mol. The summed E-state index contributed by atoms with van der Waals surface area (Å²) in [6.45, 7) is 9.07. The van der Waals surface area contributed by atoms with Gasteiger partial charge in [0.2, 0.25) is 0 Å². The number of aryl methyl sites for hydroxylation is 1. The first-order valence-electron chi connectivity index (χ1n) is 11.2. The number of esters is 1. The molecule has 0 amide bonds. The summed E-state index contributed by atoms with van der Waals surface area (Å²) in [4.78, 5) is 15.4. The van der Waals surface area contributed by atoms with Gasteiger partial charge in [-0.3, -0.25) is 14.7 Å². The van der Waals surface area contributed by atoms with Gasteiger partial charge in [0.05, 0.1) is 18.8 Å². The third-order valence-corrected chi connectivity index (χ3v) is 6.06. The number of hydrogen-bond acceptors (Lipinski definition) is 5. The van der Waals surface area contributed by atoms with E-state index < -0.39 is 18.0 Å². The maximum atomic E-state index is 14.0. The number of allylic oxidation sites excluding steroid dienone is 1. The van der Waals surface area contributed by atoms with Gasteiger partial charge in [0.1, 0.15) is 24.2 Å². The Balaban J connectivity index is 0.000000509. The fourth-order valence-electron chi connectivity index (χ4n) is 4.12. The molecule has 9 heteroatoms. The lowest BCUT2D eigenvalue weighted by Crippen LogP contribution is -2.42.